The van der Waals surface area contributed by atoms with Gasteiger partial charge in [-0.15, -0.1) is 0 Å². The van der Waals surface area contributed by atoms with Crippen LogP contribution in [0.1, 0.15) is 27.4 Å². The maximum absolute atomic E-state index is 14.1. The molecule has 2 aromatic carbocycles. The molecule has 0 aliphatic carbocycles. The van der Waals surface area contributed by atoms with Gasteiger partial charge in [-0.2, -0.15) is 4.98 Å². The fourth-order valence-electron chi connectivity index (χ4n) is 3.60. The number of carbonyl (C=O) groups excluding carboxylic acids is 1. The first kappa shape index (κ1) is 21.6. The van der Waals surface area contributed by atoms with Crippen LogP contribution in [0.3, 0.4) is 0 Å². The fourth-order valence-corrected chi connectivity index (χ4v) is 3.60. The largest absolute Gasteiger partial charge is 0.338 e. The number of piperazine rings is 1. The first-order valence-corrected chi connectivity index (χ1v) is 10.2. The molecule has 0 saturated carbocycles. The van der Waals surface area contributed by atoms with Gasteiger partial charge < -0.3 is 9.42 Å². The maximum atomic E-state index is 14.1. The van der Waals surface area contributed by atoms with E-state index in [0.717, 1.165) is 23.3 Å². The summed E-state index contributed by atoms with van der Waals surface area (Å²) < 4.78 is 19.4. The zero-order valence-corrected chi connectivity index (χ0v) is 17.7. The first-order chi connectivity index (χ1) is 15.3. The highest BCUT2D eigenvalue weighted by molar-refractivity contribution is 5.95. The number of rotatable bonds is 5. The van der Waals surface area contributed by atoms with Crippen molar-refractivity contribution in [3.8, 4) is 11.4 Å². The summed E-state index contributed by atoms with van der Waals surface area (Å²) in [6.45, 7) is 5.71. The molecular formula is C22H22FN5O4. The summed E-state index contributed by atoms with van der Waals surface area (Å²) in [5.41, 5.74) is 1.52. The molecule has 4 rings (SSSR count). The van der Waals surface area contributed by atoms with Crippen molar-refractivity contribution in [2.75, 3.05) is 26.2 Å². The molecule has 166 valence electrons. The first-order valence-electron chi connectivity index (χ1n) is 10.2. The lowest BCUT2D eigenvalue weighted by atomic mass is 10.1. The molecule has 0 atom stereocenters. The third kappa shape index (κ3) is 4.50. The number of carbonyl (C=O) groups is 1. The minimum Gasteiger partial charge on any atom is -0.338 e. The number of halogens is 1. The highest BCUT2D eigenvalue weighted by Crippen LogP contribution is 2.24. The van der Waals surface area contributed by atoms with Gasteiger partial charge in [0.15, 0.2) is 0 Å². The van der Waals surface area contributed by atoms with Crippen LogP contribution in [0.4, 0.5) is 10.1 Å². The number of aryl methyl sites for hydroxylation is 1. The fraction of sp³-hybridized carbons (Fsp3) is 0.318. The number of aromatic nitrogens is 2. The Balaban J connectivity index is 1.37. The predicted octanol–water partition coefficient (Wildman–Crippen LogP) is 3.36. The van der Waals surface area contributed by atoms with Crippen LogP contribution in [0.15, 0.2) is 40.9 Å². The van der Waals surface area contributed by atoms with E-state index in [2.05, 4.69) is 15.0 Å². The van der Waals surface area contributed by atoms with Gasteiger partial charge in [-0.25, -0.2) is 4.39 Å². The van der Waals surface area contributed by atoms with Crippen molar-refractivity contribution in [1.29, 1.82) is 0 Å². The number of hydrogen-bond donors (Lipinski definition) is 0. The predicted molar refractivity (Wildman–Crippen MR) is 113 cm³/mol. The average Bonchev–Trinajstić information content (AvgIpc) is 3.24. The molecule has 1 saturated heterocycles. The van der Waals surface area contributed by atoms with Crippen LogP contribution in [0.5, 0.6) is 0 Å². The summed E-state index contributed by atoms with van der Waals surface area (Å²) >= 11 is 0. The van der Waals surface area contributed by atoms with E-state index < -0.39 is 22.3 Å². The van der Waals surface area contributed by atoms with Crippen molar-refractivity contribution >= 4 is 11.6 Å². The van der Waals surface area contributed by atoms with Crippen LogP contribution >= 0.6 is 0 Å². The second kappa shape index (κ2) is 8.83. The molecular weight excluding hydrogens is 417 g/mol. The van der Waals surface area contributed by atoms with Crippen molar-refractivity contribution in [3.05, 3.63) is 74.9 Å². The molecule has 2 heterocycles. The van der Waals surface area contributed by atoms with Crippen molar-refractivity contribution < 1.29 is 18.6 Å². The van der Waals surface area contributed by atoms with Gasteiger partial charge in [0.2, 0.25) is 11.7 Å². The Hall–Kier alpha value is -3.66. The standard InChI is InChI=1S/C22H22FN5O4/c1-14-3-5-16(6-4-14)21-24-20(32-25-21)13-26-7-9-27(10-8-26)22(29)17-11-18(23)15(2)19(12-17)28(30)31/h3-6,11-12H,7-10,13H2,1-2H3. The van der Waals surface area contributed by atoms with E-state index in [9.17, 15) is 19.3 Å². The van der Waals surface area contributed by atoms with Gasteiger partial charge in [-0.05, 0) is 19.9 Å². The summed E-state index contributed by atoms with van der Waals surface area (Å²) in [5.74, 6) is -0.179. The lowest BCUT2D eigenvalue weighted by Gasteiger charge is -2.34. The van der Waals surface area contributed by atoms with Crippen LogP contribution < -0.4 is 0 Å². The molecule has 1 amide bonds. The number of nitrogens with zero attached hydrogens (tertiary/aromatic N) is 5. The van der Waals surface area contributed by atoms with E-state index in [1.807, 2.05) is 31.2 Å². The Kier molecular flexibility index (Phi) is 5.95. The minimum atomic E-state index is -0.762. The van der Waals surface area contributed by atoms with E-state index in [-0.39, 0.29) is 11.1 Å². The SMILES string of the molecule is Cc1ccc(-c2noc(CN3CCN(C(=O)c4cc(F)c(C)c([N+](=O)[O-])c4)CC3)n2)cc1. The number of nitro benzene ring substituents is 1. The molecule has 3 aromatic rings. The second-order valence-electron chi connectivity index (χ2n) is 7.81. The highest BCUT2D eigenvalue weighted by atomic mass is 19.1. The van der Waals surface area contributed by atoms with Crippen molar-refractivity contribution in [2.45, 2.75) is 20.4 Å². The Morgan fingerprint density at radius 2 is 1.84 bits per heavy atom. The number of hydrogen-bond acceptors (Lipinski definition) is 7. The highest BCUT2D eigenvalue weighted by Gasteiger charge is 2.26. The molecule has 9 nitrogen and oxygen atoms in total. The molecule has 0 N–H and O–H groups in total. The smallest absolute Gasteiger partial charge is 0.276 e. The topological polar surface area (TPSA) is 106 Å². The molecule has 1 aliphatic heterocycles. The monoisotopic (exact) mass is 439 g/mol. The lowest BCUT2D eigenvalue weighted by Crippen LogP contribution is -2.48. The second-order valence-corrected chi connectivity index (χ2v) is 7.81. The van der Waals surface area contributed by atoms with E-state index in [1.165, 1.54) is 6.92 Å². The van der Waals surface area contributed by atoms with Gasteiger partial charge >= 0.3 is 0 Å². The minimum absolute atomic E-state index is 0.0205. The maximum Gasteiger partial charge on any atom is 0.276 e. The summed E-state index contributed by atoms with van der Waals surface area (Å²) in [6.07, 6.45) is 0. The molecule has 0 spiro atoms. The Morgan fingerprint density at radius 1 is 1.16 bits per heavy atom. The van der Waals surface area contributed by atoms with E-state index in [1.54, 1.807) is 4.90 Å². The van der Waals surface area contributed by atoms with Gasteiger partial charge in [0, 0.05) is 43.4 Å². The van der Waals surface area contributed by atoms with Gasteiger partial charge in [0.05, 0.1) is 17.0 Å². The van der Waals surface area contributed by atoms with Crippen molar-refractivity contribution in [1.82, 2.24) is 19.9 Å². The van der Waals surface area contributed by atoms with E-state index in [4.69, 9.17) is 4.52 Å². The van der Waals surface area contributed by atoms with Gasteiger partial charge in [-0.3, -0.25) is 19.8 Å². The summed E-state index contributed by atoms with van der Waals surface area (Å²) in [6, 6.07) is 10.0. The van der Waals surface area contributed by atoms with Crippen LogP contribution in [-0.2, 0) is 6.54 Å². The molecule has 1 fully saturated rings. The molecule has 10 heteroatoms. The Bertz CT molecular complexity index is 1150. The normalized spacial score (nSPS) is 14.5. The van der Waals surface area contributed by atoms with Crippen LogP contribution in [-0.4, -0.2) is 56.9 Å². The van der Waals surface area contributed by atoms with Crippen molar-refractivity contribution in [2.24, 2.45) is 0 Å². The summed E-state index contributed by atoms with van der Waals surface area (Å²) in [4.78, 5) is 31.3. The molecule has 32 heavy (non-hydrogen) atoms. The van der Waals surface area contributed by atoms with E-state index >= 15 is 0 Å². The molecule has 1 aliphatic rings. The van der Waals surface area contributed by atoms with Crippen molar-refractivity contribution in [3.63, 3.8) is 0 Å². The molecule has 0 radical (unpaired) electrons. The van der Waals surface area contributed by atoms with Gasteiger partial charge in [-0.1, -0.05) is 35.0 Å². The quantitative estimate of drug-likeness (QED) is 0.443. The summed E-state index contributed by atoms with van der Waals surface area (Å²) in [7, 11) is 0. The lowest BCUT2D eigenvalue weighted by molar-refractivity contribution is -0.385. The third-order valence-corrected chi connectivity index (χ3v) is 5.56. The van der Waals surface area contributed by atoms with E-state index in [0.29, 0.717) is 44.4 Å². The van der Waals surface area contributed by atoms with Crippen LogP contribution in [0.2, 0.25) is 0 Å². The van der Waals surface area contributed by atoms with Gasteiger partial charge in [0.1, 0.15) is 5.82 Å². The van der Waals surface area contributed by atoms with Crippen LogP contribution in [0, 0.1) is 29.8 Å². The number of nitro groups is 1. The Labute approximate surface area is 183 Å². The molecule has 1 aromatic heterocycles. The van der Waals surface area contributed by atoms with Gasteiger partial charge in [0.25, 0.3) is 11.6 Å². The molecule has 0 bridgehead atoms. The summed E-state index contributed by atoms with van der Waals surface area (Å²) in [5, 5.41) is 15.2. The number of amides is 1. The zero-order valence-electron chi connectivity index (χ0n) is 17.7. The Morgan fingerprint density at radius 3 is 2.50 bits per heavy atom. The zero-order chi connectivity index (χ0) is 22.8. The number of benzene rings is 2. The third-order valence-electron chi connectivity index (χ3n) is 5.56. The molecule has 0 unspecified atom stereocenters. The van der Waals surface area contributed by atoms with Crippen LogP contribution in [0.25, 0.3) is 11.4 Å². The average molecular weight is 439 g/mol.